The molecule has 0 aromatic rings. The van der Waals surface area contributed by atoms with E-state index in [2.05, 4.69) is 44.1 Å². The van der Waals surface area contributed by atoms with Gasteiger partial charge in [0, 0.05) is 13.0 Å². The first-order valence-electron chi connectivity index (χ1n) is 4.84. The lowest BCUT2D eigenvalue weighted by molar-refractivity contribution is 0.101. The van der Waals surface area contributed by atoms with Gasteiger partial charge in [0.15, 0.2) is 0 Å². The summed E-state index contributed by atoms with van der Waals surface area (Å²) in [6, 6.07) is 0. The third-order valence-corrected chi connectivity index (χ3v) is 1.94. The van der Waals surface area contributed by atoms with Crippen molar-refractivity contribution in [2.45, 2.75) is 25.9 Å². The quantitative estimate of drug-likeness (QED) is 0.616. The van der Waals surface area contributed by atoms with E-state index in [0.29, 0.717) is 0 Å². The van der Waals surface area contributed by atoms with Gasteiger partial charge in [0.25, 0.3) is 0 Å². The molecule has 0 aromatic heterocycles. The van der Waals surface area contributed by atoms with E-state index in [4.69, 9.17) is 4.74 Å². The SMILES string of the molecule is CC(CN(C)C)OC1=CCC=CC1. The second-order valence-corrected chi connectivity index (χ2v) is 3.77. The van der Waals surface area contributed by atoms with Crippen LogP contribution in [0.25, 0.3) is 0 Å². The number of ether oxygens (including phenoxy) is 1. The van der Waals surface area contributed by atoms with Crippen molar-refractivity contribution in [2.24, 2.45) is 0 Å². The summed E-state index contributed by atoms with van der Waals surface area (Å²) in [6.45, 7) is 3.08. The molecule has 0 heterocycles. The lowest BCUT2D eigenvalue weighted by Crippen LogP contribution is -2.25. The molecule has 0 bridgehead atoms. The Kier molecular flexibility index (Phi) is 4.03. The maximum Gasteiger partial charge on any atom is 0.108 e. The summed E-state index contributed by atoms with van der Waals surface area (Å²) in [4.78, 5) is 2.14. The predicted octanol–water partition coefficient (Wildman–Crippen LogP) is 2.19. The fraction of sp³-hybridized carbons (Fsp3) is 0.636. The Morgan fingerprint density at radius 1 is 1.46 bits per heavy atom. The minimum atomic E-state index is 0.285. The molecule has 0 N–H and O–H groups in total. The fourth-order valence-electron chi connectivity index (χ4n) is 1.48. The number of nitrogens with zero attached hydrogens (tertiary/aromatic N) is 1. The Hall–Kier alpha value is -0.760. The third kappa shape index (κ3) is 4.13. The summed E-state index contributed by atoms with van der Waals surface area (Å²) in [5, 5.41) is 0. The van der Waals surface area contributed by atoms with Gasteiger partial charge >= 0.3 is 0 Å². The van der Waals surface area contributed by atoms with Crippen LogP contribution in [0.15, 0.2) is 24.0 Å². The van der Waals surface area contributed by atoms with E-state index in [1.165, 1.54) is 0 Å². The van der Waals surface area contributed by atoms with Gasteiger partial charge in [-0.3, -0.25) is 0 Å². The van der Waals surface area contributed by atoms with Crippen molar-refractivity contribution in [3.8, 4) is 0 Å². The van der Waals surface area contributed by atoms with Crippen LogP contribution in [0.5, 0.6) is 0 Å². The van der Waals surface area contributed by atoms with E-state index in [-0.39, 0.29) is 6.10 Å². The topological polar surface area (TPSA) is 12.5 Å². The summed E-state index contributed by atoms with van der Waals surface area (Å²) in [5.41, 5.74) is 0. The second-order valence-electron chi connectivity index (χ2n) is 3.77. The Balaban J connectivity index is 2.27. The minimum Gasteiger partial charge on any atom is -0.494 e. The maximum atomic E-state index is 5.77. The van der Waals surface area contributed by atoms with Gasteiger partial charge in [0.2, 0.25) is 0 Å². The zero-order valence-corrected chi connectivity index (χ0v) is 8.79. The molecular weight excluding hydrogens is 162 g/mol. The highest BCUT2D eigenvalue weighted by atomic mass is 16.5. The zero-order valence-electron chi connectivity index (χ0n) is 8.79. The number of rotatable bonds is 4. The molecule has 0 spiro atoms. The molecule has 13 heavy (non-hydrogen) atoms. The molecule has 2 heteroatoms. The van der Waals surface area contributed by atoms with E-state index in [9.17, 15) is 0 Å². The number of likely N-dealkylation sites (N-methyl/N-ethyl adjacent to an activating group) is 1. The molecule has 1 aliphatic rings. The minimum absolute atomic E-state index is 0.285. The summed E-state index contributed by atoms with van der Waals surface area (Å²) in [7, 11) is 4.13. The molecule has 0 amide bonds. The van der Waals surface area contributed by atoms with Crippen molar-refractivity contribution in [1.82, 2.24) is 4.90 Å². The predicted molar refractivity (Wildman–Crippen MR) is 55.6 cm³/mol. The van der Waals surface area contributed by atoms with E-state index in [0.717, 1.165) is 25.1 Å². The van der Waals surface area contributed by atoms with Crippen LogP contribution in [-0.4, -0.2) is 31.6 Å². The highest BCUT2D eigenvalue weighted by molar-refractivity contribution is 5.09. The lowest BCUT2D eigenvalue weighted by atomic mass is 10.2. The van der Waals surface area contributed by atoms with E-state index in [1.807, 2.05) is 0 Å². The van der Waals surface area contributed by atoms with Crippen LogP contribution in [0.3, 0.4) is 0 Å². The first-order valence-corrected chi connectivity index (χ1v) is 4.84. The van der Waals surface area contributed by atoms with E-state index in [1.54, 1.807) is 0 Å². The van der Waals surface area contributed by atoms with E-state index >= 15 is 0 Å². The highest BCUT2D eigenvalue weighted by Gasteiger charge is 2.07. The Morgan fingerprint density at radius 2 is 2.23 bits per heavy atom. The van der Waals surface area contributed by atoms with Crippen molar-refractivity contribution in [3.63, 3.8) is 0 Å². The number of hydrogen-bond acceptors (Lipinski definition) is 2. The molecule has 0 saturated heterocycles. The van der Waals surface area contributed by atoms with E-state index < -0.39 is 0 Å². The third-order valence-electron chi connectivity index (χ3n) is 1.94. The average molecular weight is 181 g/mol. The van der Waals surface area contributed by atoms with Gasteiger partial charge in [-0.15, -0.1) is 0 Å². The molecule has 0 aromatic carbocycles. The first kappa shape index (κ1) is 10.3. The molecule has 2 nitrogen and oxygen atoms in total. The largest absolute Gasteiger partial charge is 0.494 e. The summed E-state index contributed by atoms with van der Waals surface area (Å²) in [6.07, 6.45) is 8.75. The van der Waals surface area contributed by atoms with Crippen LogP contribution in [0.1, 0.15) is 19.8 Å². The van der Waals surface area contributed by atoms with Crippen LogP contribution in [-0.2, 0) is 4.74 Å². The number of allylic oxidation sites excluding steroid dienone is 3. The van der Waals surface area contributed by atoms with Gasteiger partial charge in [-0.2, -0.15) is 0 Å². The van der Waals surface area contributed by atoms with Crippen molar-refractivity contribution >= 4 is 0 Å². The molecule has 1 aliphatic carbocycles. The molecule has 1 unspecified atom stereocenters. The molecule has 1 atom stereocenters. The van der Waals surface area contributed by atoms with Gasteiger partial charge in [-0.1, -0.05) is 12.2 Å². The molecule has 0 radical (unpaired) electrons. The Labute approximate surface area is 80.9 Å². The summed E-state index contributed by atoms with van der Waals surface area (Å²) < 4.78 is 5.77. The molecule has 1 rings (SSSR count). The van der Waals surface area contributed by atoms with Gasteiger partial charge in [-0.25, -0.2) is 0 Å². The molecule has 0 aliphatic heterocycles. The van der Waals surface area contributed by atoms with Gasteiger partial charge in [0.1, 0.15) is 6.10 Å². The van der Waals surface area contributed by atoms with Crippen LogP contribution < -0.4 is 0 Å². The average Bonchev–Trinajstić information content (AvgIpc) is 2.04. The highest BCUT2D eigenvalue weighted by Crippen LogP contribution is 2.14. The standard InChI is InChI=1S/C11H19NO/c1-10(9-12(2)3)13-11-7-5-4-6-8-11/h4-5,8,10H,6-7,9H2,1-3H3. The van der Waals surface area contributed by atoms with Gasteiger partial charge < -0.3 is 9.64 Å². The molecule has 0 saturated carbocycles. The normalized spacial score (nSPS) is 18.6. The van der Waals surface area contributed by atoms with Crippen molar-refractivity contribution in [3.05, 3.63) is 24.0 Å². The molecule has 74 valence electrons. The summed E-state index contributed by atoms with van der Waals surface area (Å²) >= 11 is 0. The van der Waals surface area contributed by atoms with Gasteiger partial charge in [0.05, 0.1) is 5.76 Å². The lowest BCUT2D eigenvalue weighted by Gasteiger charge is -2.21. The van der Waals surface area contributed by atoms with Crippen LogP contribution in [0.2, 0.25) is 0 Å². The fourth-order valence-corrected chi connectivity index (χ4v) is 1.48. The van der Waals surface area contributed by atoms with Crippen molar-refractivity contribution < 1.29 is 4.74 Å². The Morgan fingerprint density at radius 3 is 2.77 bits per heavy atom. The molecular formula is C11H19NO. The second kappa shape index (κ2) is 5.07. The van der Waals surface area contributed by atoms with Crippen LogP contribution in [0.4, 0.5) is 0 Å². The van der Waals surface area contributed by atoms with Crippen molar-refractivity contribution in [1.29, 1.82) is 0 Å². The smallest absolute Gasteiger partial charge is 0.108 e. The number of hydrogen-bond donors (Lipinski definition) is 0. The van der Waals surface area contributed by atoms with Gasteiger partial charge in [-0.05, 0) is 33.5 Å². The van der Waals surface area contributed by atoms with Crippen LogP contribution in [0, 0.1) is 0 Å². The molecule has 0 fully saturated rings. The van der Waals surface area contributed by atoms with Crippen molar-refractivity contribution in [2.75, 3.05) is 20.6 Å². The zero-order chi connectivity index (χ0) is 9.68. The summed E-state index contributed by atoms with van der Waals surface area (Å²) in [5.74, 6) is 1.12. The maximum absolute atomic E-state index is 5.77. The Bertz CT molecular complexity index is 206. The van der Waals surface area contributed by atoms with Crippen LogP contribution >= 0.6 is 0 Å². The monoisotopic (exact) mass is 181 g/mol. The first-order chi connectivity index (χ1) is 6.18.